The van der Waals surface area contributed by atoms with E-state index in [-0.39, 0.29) is 0 Å². The van der Waals surface area contributed by atoms with E-state index in [4.69, 9.17) is 0 Å². The van der Waals surface area contributed by atoms with Gasteiger partial charge in [0.15, 0.2) is 11.5 Å². The Labute approximate surface area is 116 Å². The van der Waals surface area contributed by atoms with Gasteiger partial charge in [0.2, 0.25) is 0 Å². The van der Waals surface area contributed by atoms with Gasteiger partial charge in [0, 0.05) is 18.3 Å². The van der Waals surface area contributed by atoms with Crippen molar-refractivity contribution in [2.24, 2.45) is 0 Å². The third kappa shape index (κ3) is 2.80. The Kier molecular flexibility index (Phi) is 3.82. The van der Waals surface area contributed by atoms with Crippen LogP contribution < -0.4 is 4.90 Å². The molecule has 1 aliphatic heterocycles. The Morgan fingerprint density at radius 3 is 3.21 bits per heavy atom. The van der Waals surface area contributed by atoms with Crippen molar-refractivity contribution in [3.8, 4) is 0 Å². The molecule has 0 bridgehead atoms. The van der Waals surface area contributed by atoms with E-state index in [1.54, 1.807) is 0 Å². The molecule has 0 saturated carbocycles. The van der Waals surface area contributed by atoms with Gasteiger partial charge in [-0.2, -0.15) is 11.8 Å². The van der Waals surface area contributed by atoms with Gasteiger partial charge in [0.05, 0.1) is 0 Å². The fourth-order valence-electron chi connectivity index (χ4n) is 2.49. The minimum Gasteiger partial charge on any atom is -0.354 e. The minimum atomic E-state index is 0.693. The number of fused-ring (bicyclic) bond motifs is 1. The second kappa shape index (κ2) is 5.73. The van der Waals surface area contributed by atoms with Crippen LogP contribution in [0.2, 0.25) is 0 Å². The Morgan fingerprint density at radius 1 is 1.37 bits per heavy atom. The van der Waals surface area contributed by atoms with E-state index in [9.17, 15) is 0 Å². The standard InChI is InChI=1S/C12H18N6S/c1-2-19-10-5-3-4-8-17(9-10)12-7-6-11-13-15-16-18(11)14-12/h6-7,10H,2-5,8-9H2,1H3. The smallest absolute Gasteiger partial charge is 0.200 e. The lowest BCUT2D eigenvalue weighted by Crippen LogP contribution is -2.30. The summed E-state index contributed by atoms with van der Waals surface area (Å²) in [6, 6.07) is 3.94. The second-order valence-electron chi connectivity index (χ2n) is 4.74. The van der Waals surface area contributed by atoms with Crippen LogP contribution in [-0.2, 0) is 0 Å². The maximum atomic E-state index is 4.49. The molecule has 2 aromatic rings. The van der Waals surface area contributed by atoms with Crippen LogP contribution in [0.25, 0.3) is 5.65 Å². The number of aromatic nitrogens is 5. The molecule has 0 amide bonds. The van der Waals surface area contributed by atoms with Crippen LogP contribution in [0.15, 0.2) is 12.1 Å². The second-order valence-corrected chi connectivity index (χ2v) is 6.31. The third-order valence-corrected chi connectivity index (χ3v) is 4.60. The van der Waals surface area contributed by atoms with E-state index in [1.807, 2.05) is 12.1 Å². The molecule has 3 heterocycles. The molecule has 0 aromatic carbocycles. The molecular formula is C12H18N6S. The van der Waals surface area contributed by atoms with Crippen molar-refractivity contribution in [1.82, 2.24) is 25.3 Å². The zero-order valence-electron chi connectivity index (χ0n) is 11.1. The largest absolute Gasteiger partial charge is 0.354 e. The highest BCUT2D eigenvalue weighted by Crippen LogP contribution is 2.24. The molecule has 2 aromatic heterocycles. The molecule has 0 radical (unpaired) electrons. The summed E-state index contributed by atoms with van der Waals surface area (Å²) in [5.41, 5.74) is 0.693. The molecule has 1 aliphatic rings. The maximum absolute atomic E-state index is 4.49. The Balaban J connectivity index is 1.82. The average Bonchev–Trinajstić information content (AvgIpc) is 2.77. The van der Waals surface area contributed by atoms with Crippen LogP contribution >= 0.6 is 11.8 Å². The van der Waals surface area contributed by atoms with E-state index >= 15 is 0 Å². The summed E-state index contributed by atoms with van der Waals surface area (Å²) < 4.78 is 1.50. The molecule has 1 unspecified atom stereocenters. The molecule has 7 heteroatoms. The van der Waals surface area contributed by atoms with E-state index < -0.39 is 0 Å². The van der Waals surface area contributed by atoms with Gasteiger partial charge < -0.3 is 4.90 Å². The highest BCUT2D eigenvalue weighted by Gasteiger charge is 2.19. The van der Waals surface area contributed by atoms with E-state index in [1.165, 1.54) is 29.6 Å². The molecule has 6 nitrogen and oxygen atoms in total. The van der Waals surface area contributed by atoms with Crippen LogP contribution in [0.4, 0.5) is 5.82 Å². The Bertz CT molecular complexity index is 542. The third-order valence-electron chi connectivity index (χ3n) is 3.41. The average molecular weight is 278 g/mol. The monoisotopic (exact) mass is 278 g/mol. The molecule has 19 heavy (non-hydrogen) atoms. The van der Waals surface area contributed by atoms with Gasteiger partial charge in [-0.05, 0) is 41.2 Å². The lowest BCUT2D eigenvalue weighted by Gasteiger charge is -2.24. The first-order valence-corrected chi connectivity index (χ1v) is 7.83. The summed E-state index contributed by atoms with van der Waals surface area (Å²) in [6.45, 7) is 4.37. The molecular weight excluding hydrogens is 260 g/mol. The maximum Gasteiger partial charge on any atom is 0.200 e. The van der Waals surface area contributed by atoms with Gasteiger partial charge in [0.1, 0.15) is 0 Å². The summed E-state index contributed by atoms with van der Waals surface area (Å²) >= 11 is 2.05. The van der Waals surface area contributed by atoms with Crippen LogP contribution in [0.5, 0.6) is 0 Å². The van der Waals surface area contributed by atoms with Crippen molar-refractivity contribution in [1.29, 1.82) is 0 Å². The van der Waals surface area contributed by atoms with Crippen molar-refractivity contribution in [3.05, 3.63) is 12.1 Å². The van der Waals surface area contributed by atoms with Crippen molar-refractivity contribution < 1.29 is 0 Å². The SMILES string of the molecule is CCSC1CCCCN(c2ccc3nnnn3n2)C1. The highest BCUT2D eigenvalue weighted by molar-refractivity contribution is 7.99. The predicted octanol–water partition coefficient (Wildman–Crippen LogP) is 1.63. The van der Waals surface area contributed by atoms with Crippen LogP contribution in [0.3, 0.4) is 0 Å². The van der Waals surface area contributed by atoms with Crippen LogP contribution in [0.1, 0.15) is 26.2 Å². The topological polar surface area (TPSA) is 59.2 Å². The first-order chi connectivity index (χ1) is 9.36. The number of rotatable bonds is 3. The Morgan fingerprint density at radius 2 is 2.32 bits per heavy atom. The number of hydrogen-bond donors (Lipinski definition) is 0. The lowest BCUT2D eigenvalue weighted by molar-refractivity contribution is 0.704. The fraction of sp³-hybridized carbons (Fsp3) is 0.667. The highest BCUT2D eigenvalue weighted by atomic mass is 32.2. The van der Waals surface area contributed by atoms with E-state index in [0.29, 0.717) is 10.9 Å². The number of hydrogen-bond acceptors (Lipinski definition) is 6. The van der Waals surface area contributed by atoms with Crippen LogP contribution in [-0.4, -0.2) is 49.3 Å². The summed E-state index contributed by atoms with van der Waals surface area (Å²) in [5.74, 6) is 2.15. The van der Waals surface area contributed by atoms with Gasteiger partial charge >= 0.3 is 0 Å². The summed E-state index contributed by atoms with van der Waals surface area (Å²) in [5, 5.41) is 16.6. The molecule has 102 valence electrons. The molecule has 0 N–H and O–H groups in total. The first kappa shape index (κ1) is 12.7. The zero-order valence-corrected chi connectivity index (χ0v) is 11.9. The summed E-state index contributed by atoms with van der Waals surface area (Å²) in [4.78, 5) is 2.36. The van der Waals surface area contributed by atoms with E-state index in [0.717, 1.165) is 18.9 Å². The molecule has 1 atom stereocenters. The first-order valence-electron chi connectivity index (χ1n) is 6.79. The van der Waals surface area contributed by atoms with Gasteiger partial charge in [-0.3, -0.25) is 0 Å². The molecule has 1 fully saturated rings. The molecule has 0 aliphatic carbocycles. The van der Waals surface area contributed by atoms with Gasteiger partial charge in [-0.15, -0.1) is 14.8 Å². The van der Waals surface area contributed by atoms with E-state index in [2.05, 4.69) is 44.2 Å². The number of thioether (sulfide) groups is 1. The normalized spacial score (nSPS) is 20.7. The predicted molar refractivity (Wildman–Crippen MR) is 76.6 cm³/mol. The van der Waals surface area contributed by atoms with Gasteiger partial charge in [0.25, 0.3) is 0 Å². The number of anilines is 1. The molecule has 1 saturated heterocycles. The number of tetrazole rings is 1. The van der Waals surface area contributed by atoms with Gasteiger partial charge in [-0.25, -0.2) is 0 Å². The molecule has 0 spiro atoms. The van der Waals surface area contributed by atoms with Crippen molar-refractivity contribution in [3.63, 3.8) is 0 Å². The Hall–Kier alpha value is -1.37. The zero-order chi connectivity index (χ0) is 13.1. The lowest BCUT2D eigenvalue weighted by atomic mass is 10.2. The fourth-order valence-corrected chi connectivity index (χ4v) is 3.58. The van der Waals surface area contributed by atoms with Crippen molar-refractivity contribution in [2.45, 2.75) is 31.4 Å². The summed E-state index contributed by atoms with van der Waals surface area (Å²) in [7, 11) is 0. The van der Waals surface area contributed by atoms with Crippen molar-refractivity contribution in [2.75, 3.05) is 23.7 Å². The van der Waals surface area contributed by atoms with Crippen LogP contribution in [0, 0.1) is 0 Å². The minimum absolute atomic E-state index is 0.693. The van der Waals surface area contributed by atoms with Gasteiger partial charge in [-0.1, -0.05) is 13.3 Å². The molecule has 3 rings (SSSR count). The number of nitrogens with zero attached hydrogens (tertiary/aromatic N) is 6. The summed E-state index contributed by atoms with van der Waals surface area (Å²) in [6.07, 6.45) is 3.85. The quantitative estimate of drug-likeness (QED) is 0.850. The van der Waals surface area contributed by atoms with Crippen molar-refractivity contribution >= 4 is 23.2 Å².